The van der Waals surface area contributed by atoms with E-state index in [2.05, 4.69) is 31.2 Å². The van der Waals surface area contributed by atoms with Crippen molar-refractivity contribution in [1.82, 2.24) is 0 Å². The van der Waals surface area contributed by atoms with Gasteiger partial charge >= 0.3 is 0 Å². The minimum absolute atomic E-state index is 0.463. The van der Waals surface area contributed by atoms with Crippen molar-refractivity contribution in [2.75, 3.05) is 0 Å². The van der Waals surface area contributed by atoms with Crippen molar-refractivity contribution in [3.63, 3.8) is 0 Å². The topological polar surface area (TPSA) is 20.2 Å². The van der Waals surface area contributed by atoms with Gasteiger partial charge in [0.05, 0.1) is 5.60 Å². The zero-order chi connectivity index (χ0) is 10.9. The van der Waals surface area contributed by atoms with Crippen molar-refractivity contribution in [1.29, 1.82) is 0 Å². The summed E-state index contributed by atoms with van der Waals surface area (Å²) in [4.78, 5) is 0. The predicted molar refractivity (Wildman–Crippen MR) is 62.8 cm³/mol. The summed E-state index contributed by atoms with van der Waals surface area (Å²) in [5.74, 6) is 1.06. The van der Waals surface area contributed by atoms with Gasteiger partial charge in [0.1, 0.15) is 0 Å². The predicted octanol–water partition coefficient (Wildman–Crippen LogP) is 3.34. The standard InChI is InChI=1S/C14H20O/c1-3-9-14(2,15)13-10-12(13)11-7-5-4-6-8-11/h4-8,12-13,15H,3,9-10H2,1-2H3. The molecule has 0 heterocycles. The van der Waals surface area contributed by atoms with Gasteiger partial charge in [-0.05, 0) is 37.2 Å². The lowest BCUT2D eigenvalue weighted by Crippen LogP contribution is -2.27. The first-order valence-corrected chi connectivity index (χ1v) is 5.92. The normalized spacial score (nSPS) is 28.5. The summed E-state index contributed by atoms with van der Waals surface area (Å²) in [5, 5.41) is 10.3. The first kappa shape index (κ1) is 10.7. The van der Waals surface area contributed by atoms with Gasteiger partial charge in [-0.2, -0.15) is 0 Å². The van der Waals surface area contributed by atoms with Gasteiger partial charge in [-0.1, -0.05) is 43.7 Å². The molecule has 0 spiro atoms. The molecule has 0 bridgehead atoms. The minimum Gasteiger partial charge on any atom is -0.390 e. The Morgan fingerprint density at radius 2 is 2.00 bits per heavy atom. The lowest BCUT2D eigenvalue weighted by atomic mass is 9.92. The lowest BCUT2D eigenvalue weighted by molar-refractivity contribution is 0.0253. The minimum atomic E-state index is -0.463. The molecule has 3 unspecified atom stereocenters. The van der Waals surface area contributed by atoms with Gasteiger partial charge in [0, 0.05) is 0 Å². The second kappa shape index (κ2) is 3.97. The van der Waals surface area contributed by atoms with Gasteiger partial charge in [0.2, 0.25) is 0 Å². The molecule has 1 aromatic rings. The molecule has 1 aliphatic carbocycles. The highest BCUT2D eigenvalue weighted by atomic mass is 16.3. The molecular weight excluding hydrogens is 184 g/mol. The smallest absolute Gasteiger partial charge is 0.0653 e. The van der Waals surface area contributed by atoms with Crippen LogP contribution in [0.5, 0.6) is 0 Å². The molecular formula is C14H20O. The van der Waals surface area contributed by atoms with E-state index in [9.17, 15) is 5.11 Å². The maximum absolute atomic E-state index is 10.3. The van der Waals surface area contributed by atoms with E-state index in [0.29, 0.717) is 11.8 Å². The molecule has 0 aliphatic heterocycles. The highest BCUT2D eigenvalue weighted by Crippen LogP contribution is 2.54. The van der Waals surface area contributed by atoms with Crippen molar-refractivity contribution in [3.05, 3.63) is 35.9 Å². The molecule has 1 aromatic carbocycles. The first-order chi connectivity index (χ1) is 7.15. The third kappa shape index (κ3) is 2.23. The second-order valence-electron chi connectivity index (χ2n) is 4.97. The fraction of sp³-hybridized carbons (Fsp3) is 0.571. The van der Waals surface area contributed by atoms with Crippen LogP contribution in [-0.2, 0) is 0 Å². The SMILES string of the molecule is CCCC(C)(O)C1CC1c1ccccc1. The average molecular weight is 204 g/mol. The second-order valence-corrected chi connectivity index (χ2v) is 4.97. The van der Waals surface area contributed by atoms with Crippen LogP contribution in [0.3, 0.4) is 0 Å². The number of benzene rings is 1. The third-order valence-corrected chi connectivity index (χ3v) is 3.57. The zero-order valence-corrected chi connectivity index (χ0v) is 9.61. The molecule has 1 heteroatoms. The zero-order valence-electron chi connectivity index (χ0n) is 9.61. The summed E-state index contributed by atoms with van der Waals surface area (Å²) in [6.07, 6.45) is 3.13. The van der Waals surface area contributed by atoms with E-state index in [1.54, 1.807) is 0 Å². The van der Waals surface area contributed by atoms with E-state index >= 15 is 0 Å². The van der Waals surface area contributed by atoms with E-state index in [1.165, 1.54) is 5.56 Å². The maximum atomic E-state index is 10.3. The van der Waals surface area contributed by atoms with Crippen molar-refractivity contribution in [3.8, 4) is 0 Å². The Hall–Kier alpha value is -0.820. The van der Waals surface area contributed by atoms with E-state index in [0.717, 1.165) is 19.3 Å². The van der Waals surface area contributed by atoms with Gasteiger partial charge in [0.15, 0.2) is 0 Å². The molecule has 3 atom stereocenters. The summed E-state index contributed by atoms with van der Waals surface area (Å²) in [5.41, 5.74) is 0.925. The van der Waals surface area contributed by atoms with Gasteiger partial charge in [-0.3, -0.25) is 0 Å². The maximum Gasteiger partial charge on any atom is 0.0653 e. The van der Waals surface area contributed by atoms with Crippen LogP contribution in [-0.4, -0.2) is 10.7 Å². The van der Waals surface area contributed by atoms with Gasteiger partial charge in [0.25, 0.3) is 0 Å². The van der Waals surface area contributed by atoms with Crippen LogP contribution in [0.4, 0.5) is 0 Å². The van der Waals surface area contributed by atoms with Crippen molar-refractivity contribution in [2.45, 2.75) is 44.6 Å². The summed E-state index contributed by atoms with van der Waals surface area (Å²) in [6.45, 7) is 4.12. The highest BCUT2D eigenvalue weighted by molar-refractivity contribution is 5.27. The summed E-state index contributed by atoms with van der Waals surface area (Å²) in [7, 11) is 0. The Balaban J connectivity index is 2.02. The number of hydrogen-bond acceptors (Lipinski definition) is 1. The Labute approximate surface area is 92.1 Å². The van der Waals surface area contributed by atoms with Crippen molar-refractivity contribution in [2.24, 2.45) is 5.92 Å². The van der Waals surface area contributed by atoms with Crippen LogP contribution in [0.15, 0.2) is 30.3 Å². The Kier molecular flexibility index (Phi) is 2.83. The van der Waals surface area contributed by atoms with Crippen LogP contribution in [0, 0.1) is 5.92 Å². The molecule has 2 rings (SSSR count). The first-order valence-electron chi connectivity index (χ1n) is 5.92. The molecule has 1 fully saturated rings. The fourth-order valence-electron chi connectivity index (χ4n) is 2.64. The monoisotopic (exact) mass is 204 g/mol. The average Bonchev–Trinajstić information content (AvgIpc) is 2.99. The van der Waals surface area contributed by atoms with Gasteiger partial charge < -0.3 is 5.11 Å². The van der Waals surface area contributed by atoms with Crippen LogP contribution >= 0.6 is 0 Å². The van der Waals surface area contributed by atoms with E-state index in [-0.39, 0.29) is 0 Å². The third-order valence-electron chi connectivity index (χ3n) is 3.57. The molecule has 0 radical (unpaired) electrons. The van der Waals surface area contributed by atoms with E-state index < -0.39 is 5.60 Å². The van der Waals surface area contributed by atoms with Crippen LogP contribution in [0.25, 0.3) is 0 Å². The molecule has 0 saturated heterocycles. The molecule has 1 N–H and O–H groups in total. The van der Waals surface area contributed by atoms with Crippen LogP contribution in [0.2, 0.25) is 0 Å². The molecule has 1 aliphatic rings. The summed E-state index contributed by atoms with van der Waals surface area (Å²) in [6, 6.07) is 10.6. The molecule has 1 nitrogen and oxygen atoms in total. The van der Waals surface area contributed by atoms with Crippen molar-refractivity contribution >= 4 is 0 Å². The Morgan fingerprint density at radius 3 is 2.60 bits per heavy atom. The summed E-state index contributed by atoms with van der Waals surface area (Å²) < 4.78 is 0. The fourth-order valence-corrected chi connectivity index (χ4v) is 2.64. The molecule has 0 aromatic heterocycles. The molecule has 0 amide bonds. The lowest BCUT2D eigenvalue weighted by Gasteiger charge is -2.23. The number of hydrogen-bond donors (Lipinski definition) is 1. The van der Waals surface area contributed by atoms with Gasteiger partial charge in [-0.25, -0.2) is 0 Å². The molecule has 1 saturated carbocycles. The van der Waals surface area contributed by atoms with Crippen molar-refractivity contribution < 1.29 is 5.11 Å². The molecule has 15 heavy (non-hydrogen) atoms. The van der Waals surface area contributed by atoms with Gasteiger partial charge in [-0.15, -0.1) is 0 Å². The number of rotatable bonds is 4. The van der Waals surface area contributed by atoms with Crippen LogP contribution in [0.1, 0.15) is 44.6 Å². The molecule has 82 valence electrons. The van der Waals surface area contributed by atoms with E-state index in [4.69, 9.17) is 0 Å². The largest absolute Gasteiger partial charge is 0.390 e. The summed E-state index contributed by atoms with van der Waals surface area (Å²) >= 11 is 0. The Bertz CT molecular complexity index is 315. The van der Waals surface area contributed by atoms with E-state index in [1.807, 2.05) is 13.0 Å². The van der Waals surface area contributed by atoms with Crippen LogP contribution < -0.4 is 0 Å². The Morgan fingerprint density at radius 1 is 1.33 bits per heavy atom. The highest BCUT2D eigenvalue weighted by Gasteiger charge is 2.49. The number of aliphatic hydroxyl groups is 1. The quantitative estimate of drug-likeness (QED) is 0.797.